The summed E-state index contributed by atoms with van der Waals surface area (Å²) in [5.41, 5.74) is 0.332. The Bertz CT molecular complexity index is 582. The second-order valence-electron chi connectivity index (χ2n) is 4.10. The summed E-state index contributed by atoms with van der Waals surface area (Å²) in [5.74, 6) is -0.252. The predicted octanol–water partition coefficient (Wildman–Crippen LogP) is 1.25. The monoisotopic (exact) mass is 332 g/mol. The molecule has 5 nitrogen and oxygen atoms in total. The summed E-state index contributed by atoms with van der Waals surface area (Å²) in [6.07, 6.45) is 1.97. The Hall–Kier alpha value is -0.920. The lowest BCUT2D eigenvalue weighted by atomic mass is 10.2. The van der Waals surface area contributed by atoms with Crippen LogP contribution in [0, 0.1) is 0 Å². The van der Waals surface area contributed by atoms with E-state index < -0.39 is 10.0 Å². The van der Waals surface area contributed by atoms with Gasteiger partial charge in [0.25, 0.3) is 5.91 Å². The highest BCUT2D eigenvalue weighted by Gasteiger charge is 2.25. The molecule has 0 heterocycles. The van der Waals surface area contributed by atoms with Gasteiger partial charge in [-0.15, -0.1) is 0 Å². The highest BCUT2D eigenvalue weighted by Crippen LogP contribution is 2.24. The molecule has 1 aromatic carbocycles. The third-order valence-corrected chi connectivity index (χ3v) is 4.78. The van der Waals surface area contributed by atoms with E-state index in [-0.39, 0.29) is 16.8 Å². The lowest BCUT2D eigenvalue weighted by molar-refractivity contribution is 0.0950. The van der Waals surface area contributed by atoms with Crippen molar-refractivity contribution < 1.29 is 13.2 Å². The van der Waals surface area contributed by atoms with Crippen molar-refractivity contribution >= 4 is 31.9 Å². The van der Waals surface area contributed by atoms with Gasteiger partial charge in [-0.05, 0) is 54.0 Å². The number of hydrogen-bond donors (Lipinski definition) is 2. The molecule has 0 atom stereocenters. The number of halogens is 1. The maximum atomic E-state index is 11.9. The van der Waals surface area contributed by atoms with Gasteiger partial charge in [0.15, 0.2) is 0 Å². The number of rotatable bonds is 4. The first-order valence-corrected chi connectivity index (χ1v) is 7.75. The van der Waals surface area contributed by atoms with Gasteiger partial charge >= 0.3 is 0 Å². The predicted molar refractivity (Wildman–Crippen MR) is 70.9 cm³/mol. The van der Waals surface area contributed by atoms with Crippen LogP contribution in [-0.2, 0) is 10.0 Å². The summed E-state index contributed by atoms with van der Waals surface area (Å²) in [5, 5.41) is 2.82. The van der Waals surface area contributed by atoms with Crippen molar-refractivity contribution in [2.24, 2.45) is 0 Å². The third-order valence-electron chi connectivity index (χ3n) is 2.67. The maximum Gasteiger partial charge on any atom is 0.252 e. The van der Waals surface area contributed by atoms with Crippen LogP contribution >= 0.6 is 15.9 Å². The summed E-state index contributed by atoms with van der Waals surface area (Å²) in [4.78, 5) is 12.0. The molecule has 0 radical (unpaired) electrons. The summed E-state index contributed by atoms with van der Waals surface area (Å²) >= 11 is 3.25. The first-order valence-electron chi connectivity index (χ1n) is 5.48. The Labute approximate surface area is 114 Å². The Kier molecular flexibility index (Phi) is 3.74. The lowest BCUT2D eigenvalue weighted by Gasteiger charge is -2.08. The van der Waals surface area contributed by atoms with E-state index in [1.54, 1.807) is 6.07 Å². The van der Waals surface area contributed by atoms with Gasteiger partial charge in [-0.3, -0.25) is 4.79 Å². The molecule has 1 fully saturated rings. The molecule has 1 saturated carbocycles. The third kappa shape index (κ3) is 2.90. The van der Waals surface area contributed by atoms with Gasteiger partial charge in [0.1, 0.15) is 0 Å². The molecule has 0 aliphatic heterocycles. The van der Waals surface area contributed by atoms with Crippen molar-refractivity contribution in [1.29, 1.82) is 0 Å². The molecule has 1 amide bonds. The minimum absolute atomic E-state index is 0.0779. The second kappa shape index (κ2) is 4.99. The number of amides is 1. The van der Waals surface area contributed by atoms with Crippen LogP contribution in [0.5, 0.6) is 0 Å². The van der Waals surface area contributed by atoms with Crippen molar-refractivity contribution in [2.45, 2.75) is 23.8 Å². The summed E-state index contributed by atoms with van der Waals surface area (Å²) in [7, 11) is -2.20. The van der Waals surface area contributed by atoms with Crippen LogP contribution in [0.25, 0.3) is 0 Å². The average molecular weight is 333 g/mol. The molecule has 2 N–H and O–H groups in total. The van der Waals surface area contributed by atoms with E-state index in [2.05, 4.69) is 26.0 Å². The fourth-order valence-electron chi connectivity index (χ4n) is 1.45. The molecule has 1 aliphatic carbocycles. The highest BCUT2D eigenvalue weighted by molar-refractivity contribution is 9.10. The minimum Gasteiger partial charge on any atom is -0.349 e. The van der Waals surface area contributed by atoms with Gasteiger partial charge < -0.3 is 5.32 Å². The first kappa shape index (κ1) is 13.5. The number of hydrogen-bond acceptors (Lipinski definition) is 3. The zero-order valence-corrected chi connectivity index (χ0v) is 12.1. The van der Waals surface area contributed by atoms with E-state index in [9.17, 15) is 13.2 Å². The standard InChI is InChI=1S/C11H13BrN2O3S/c1-13-18(16,17)8-4-5-10(12)9(6-8)11(15)14-7-2-3-7/h4-7,13H,2-3H2,1H3,(H,14,15). The molecule has 98 valence electrons. The molecule has 0 spiro atoms. The van der Waals surface area contributed by atoms with Gasteiger partial charge in [-0.2, -0.15) is 0 Å². The second-order valence-corrected chi connectivity index (χ2v) is 6.84. The average Bonchev–Trinajstić information content (AvgIpc) is 3.13. The number of benzene rings is 1. The molecule has 1 aliphatic rings. The van der Waals surface area contributed by atoms with Crippen LogP contribution in [-0.4, -0.2) is 27.4 Å². The molecule has 0 saturated heterocycles. The van der Waals surface area contributed by atoms with Crippen molar-refractivity contribution in [3.63, 3.8) is 0 Å². The molecule has 0 bridgehead atoms. The minimum atomic E-state index is -3.53. The van der Waals surface area contributed by atoms with Crippen LogP contribution < -0.4 is 10.0 Å². The van der Waals surface area contributed by atoms with Crippen LogP contribution in [0.3, 0.4) is 0 Å². The number of sulfonamides is 1. The molecule has 1 aromatic rings. The van der Waals surface area contributed by atoms with E-state index in [1.807, 2.05) is 0 Å². The molecule has 18 heavy (non-hydrogen) atoms. The number of nitrogens with one attached hydrogen (secondary N) is 2. The Morgan fingerprint density at radius 2 is 2.06 bits per heavy atom. The SMILES string of the molecule is CNS(=O)(=O)c1ccc(Br)c(C(=O)NC2CC2)c1. The smallest absolute Gasteiger partial charge is 0.252 e. The van der Waals surface area contributed by atoms with Crippen LogP contribution in [0.2, 0.25) is 0 Å². The van der Waals surface area contributed by atoms with Crippen molar-refractivity contribution in [2.75, 3.05) is 7.05 Å². The number of carbonyl (C=O) groups is 1. The van der Waals surface area contributed by atoms with Crippen LogP contribution in [0.1, 0.15) is 23.2 Å². The topological polar surface area (TPSA) is 75.3 Å². The Morgan fingerprint density at radius 1 is 1.39 bits per heavy atom. The fourth-order valence-corrected chi connectivity index (χ4v) is 2.64. The van der Waals surface area contributed by atoms with E-state index >= 15 is 0 Å². The lowest BCUT2D eigenvalue weighted by Crippen LogP contribution is -2.26. The molecular weight excluding hydrogens is 320 g/mol. The largest absolute Gasteiger partial charge is 0.349 e. The molecule has 2 rings (SSSR count). The van der Waals surface area contributed by atoms with Crippen molar-refractivity contribution in [3.8, 4) is 0 Å². The Morgan fingerprint density at radius 3 is 2.61 bits per heavy atom. The fraction of sp³-hybridized carbons (Fsp3) is 0.364. The van der Waals surface area contributed by atoms with E-state index in [0.29, 0.717) is 10.0 Å². The van der Waals surface area contributed by atoms with Gasteiger partial charge in [0.05, 0.1) is 10.5 Å². The molecular formula is C11H13BrN2O3S. The van der Waals surface area contributed by atoms with E-state index in [1.165, 1.54) is 19.2 Å². The number of carbonyl (C=O) groups excluding carboxylic acids is 1. The van der Waals surface area contributed by atoms with Gasteiger partial charge in [0.2, 0.25) is 10.0 Å². The molecule has 0 unspecified atom stereocenters. The quantitative estimate of drug-likeness (QED) is 0.871. The van der Waals surface area contributed by atoms with Gasteiger partial charge in [-0.1, -0.05) is 0 Å². The van der Waals surface area contributed by atoms with Crippen LogP contribution in [0.15, 0.2) is 27.6 Å². The van der Waals surface area contributed by atoms with E-state index in [0.717, 1.165) is 12.8 Å². The Balaban J connectivity index is 2.34. The zero-order chi connectivity index (χ0) is 13.3. The first-order chi connectivity index (χ1) is 8.44. The van der Waals surface area contributed by atoms with Crippen molar-refractivity contribution in [1.82, 2.24) is 10.0 Å². The maximum absolute atomic E-state index is 11.9. The van der Waals surface area contributed by atoms with E-state index in [4.69, 9.17) is 0 Å². The van der Waals surface area contributed by atoms with Crippen LogP contribution in [0.4, 0.5) is 0 Å². The summed E-state index contributed by atoms with van der Waals surface area (Å²) in [6, 6.07) is 4.61. The zero-order valence-electron chi connectivity index (χ0n) is 9.73. The highest BCUT2D eigenvalue weighted by atomic mass is 79.9. The summed E-state index contributed by atoms with van der Waals surface area (Å²) < 4.78 is 26.1. The van der Waals surface area contributed by atoms with Crippen molar-refractivity contribution in [3.05, 3.63) is 28.2 Å². The van der Waals surface area contributed by atoms with Gasteiger partial charge in [-0.25, -0.2) is 13.1 Å². The summed E-state index contributed by atoms with van der Waals surface area (Å²) in [6.45, 7) is 0. The van der Waals surface area contributed by atoms with Gasteiger partial charge in [0, 0.05) is 10.5 Å². The molecule has 7 heteroatoms. The normalized spacial score (nSPS) is 15.4. The molecule has 0 aromatic heterocycles.